The van der Waals surface area contributed by atoms with E-state index < -0.39 is 0 Å². The van der Waals surface area contributed by atoms with Crippen molar-refractivity contribution >= 4 is 21.6 Å². The van der Waals surface area contributed by atoms with Gasteiger partial charge in [-0.1, -0.05) is 13.0 Å². The Bertz CT molecular complexity index is 422. The summed E-state index contributed by atoms with van der Waals surface area (Å²) < 4.78 is 1.05. The molecule has 3 nitrogen and oxygen atoms in total. The van der Waals surface area contributed by atoms with E-state index in [9.17, 15) is 5.11 Å². The van der Waals surface area contributed by atoms with Gasteiger partial charge in [-0.15, -0.1) is 0 Å². The van der Waals surface area contributed by atoms with Crippen molar-refractivity contribution < 1.29 is 5.11 Å². The van der Waals surface area contributed by atoms with Crippen LogP contribution in [0.4, 0.5) is 5.69 Å². The smallest absolute Gasteiger partial charge is 0.0741 e. The van der Waals surface area contributed by atoms with Crippen LogP contribution in [0.25, 0.3) is 0 Å². The largest absolute Gasteiger partial charge is 0.391 e. The number of hydrogen-bond acceptors (Lipinski definition) is 3. The molecule has 0 aromatic heterocycles. The molecule has 1 aliphatic heterocycles. The van der Waals surface area contributed by atoms with E-state index in [0.717, 1.165) is 28.7 Å². The maximum Gasteiger partial charge on any atom is 0.0741 e. The molecule has 1 saturated heterocycles. The molecule has 18 heavy (non-hydrogen) atoms. The molecule has 4 heteroatoms. The lowest BCUT2D eigenvalue weighted by Crippen LogP contribution is -2.43. The quantitative estimate of drug-likeness (QED) is 0.882. The highest BCUT2D eigenvalue weighted by atomic mass is 79.9. The van der Waals surface area contributed by atoms with Gasteiger partial charge in [0.25, 0.3) is 0 Å². The zero-order valence-electron chi connectivity index (χ0n) is 10.9. The van der Waals surface area contributed by atoms with E-state index in [0.29, 0.717) is 12.5 Å². The normalized spacial score (nSPS) is 26.2. The highest BCUT2D eigenvalue weighted by Gasteiger charge is 2.25. The molecule has 0 amide bonds. The Labute approximate surface area is 117 Å². The average Bonchev–Trinajstić information content (AvgIpc) is 2.32. The molecule has 100 valence electrons. The van der Waals surface area contributed by atoms with Gasteiger partial charge in [0, 0.05) is 23.6 Å². The molecule has 2 unspecified atom stereocenters. The van der Waals surface area contributed by atoms with Crippen LogP contribution in [0.1, 0.15) is 31.9 Å². The summed E-state index contributed by atoms with van der Waals surface area (Å²) in [5.74, 6) is 0.392. The molecule has 0 saturated carbocycles. The number of anilines is 1. The highest BCUT2D eigenvalue weighted by Crippen LogP contribution is 2.31. The molecule has 1 aromatic rings. The second-order valence-electron chi connectivity index (χ2n) is 5.28. The minimum atomic E-state index is -0.237. The van der Waals surface area contributed by atoms with E-state index >= 15 is 0 Å². The number of β-amino-alcohol motifs (C(OH)–C–C–N with tert-alkyl or cyclic N) is 1. The third-order valence-corrected chi connectivity index (χ3v) is 4.39. The predicted octanol–water partition coefficient (Wildman–Crippen LogP) is 2.68. The van der Waals surface area contributed by atoms with Crippen molar-refractivity contribution in [3.63, 3.8) is 0 Å². The van der Waals surface area contributed by atoms with Crippen LogP contribution in [0.3, 0.4) is 0 Å². The number of hydrogen-bond donors (Lipinski definition) is 2. The Morgan fingerprint density at radius 2 is 2.22 bits per heavy atom. The minimum absolute atomic E-state index is 0.0438. The number of rotatable bonds is 2. The molecule has 1 aliphatic rings. The number of benzene rings is 1. The second kappa shape index (κ2) is 5.59. The predicted molar refractivity (Wildman–Crippen MR) is 78.7 cm³/mol. The highest BCUT2D eigenvalue weighted by molar-refractivity contribution is 9.10. The van der Waals surface area contributed by atoms with E-state index in [2.05, 4.69) is 46.0 Å². The van der Waals surface area contributed by atoms with E-state index in [1.54, 1.807) is 0 Å². The first-order chi connectivity index (χ1) is 8.49. The zero-order chi connectivity index (χ0) is 13.3. The van der Waals surface area contributed by atoms with Crippen LogP contribution in [-0.4, -0.2) is 24.3 Å². The summed E-state index contributed by atoms with van der Waals surface area (Å²) in [5.41, 5.74) is 8.14. The summed E-state index contributed by atoms with van der Waals surface area (Å²) in [6.45, 7) is 5.79. The van der Waals surface area contributed by atoms with Crippen LogP contribution in [0.2, 0.25) is 0 Å². The van der Waals surface area contributed by atoms with Crippen LogP contribution in [0, 0.1) is 5.92 Å². The third-order valence-electron chi connectivity index (χ3n) is 3.76. The Balaban J connectivity index is 2.19. The Hall–Kier alpha value is -0.580. The van der Waals surface area contributed by atoms with Gasteiger partial charge in [-0.3, -0.25) is 0 Å². The summed E-state index contributed by atoms with van der Waals surface area (Å²) >= 11 is 3.61. The monoisotopic (exact) mass is 312 g/mol. The summed E-state index contributed by atoms with van der Waals surface area (Å²) in [6.07, 6.45) is 0.793. The Morgan fingerprint density at radius 3 is 2.78 bits per heavy atom. The van der Waals surface area contributed by atoms with Crippen LogP contribution in [0.5, 0.6) is 0 Å². The van der Waals surface area contributed by atoms with Crippen molar-refractivity contribution in [2.24, 2.45) is 11.7 Å². The van der Waals surface area contributed by atoms with Crippen LogP contribution < -0.4 is 10.6 Å². The fourth-order valence-electron chi connectivity index (χ4n) is 2.33. The lowest BCUT2D eigenvalue weighted by molar-refractivity contribution is 0.103. The molecule has 2 rings (SSSR count). The molecule has 0 bridgehead atoms. The van der Waals surface area contributed by atoms with E-state index in [1.807, 2.05) is 6.92 Å². The molecule has 3 N–H and O–H groups in total. The van der Waals surface area contributed by atoms with Gasteiger partial charge in [0.1, 0.15) is 0 Å². The average molecular weight is 313 g/mol. The van der Waals surface area contributed by atoms with Crippen molar-refractivity contribution in [3.05, 3.63) is 28.2 Å². The number of aliphatic hydroxyl groups is 1. The molecule has 1 aromatic carbocycles. The van der Waals surface area contributed by atoms with Crippen molar-refractivity contribution in [2.45, 2.75) is 32.4 Å². The third kappa shape index (κ3) is 2.87. The first-order valence-electron chi connectivity index (χ1n) is 6.47. The fourth-order valence-corrected chi connectivity index (χ4v) is 2.98. The van der Waals surface area contributed by atoms with Crippen LogP contribution >= 0.6 is 15.9 Å². The van der Waals surface area contributed by atoms with Gasteiger partial charge in [-0.2, -0.15) is 0 Å². The summed E-state index contributed by atoms with van der Waals surface area (Å²) in [7, 11) is 0. The molecule has 0 spiro atoms. The second-order valence-corrected chi connectivity index (χ2v) is 6.13. The topological polar surface area (TPSA) is 49.5 Å². The summed E-state index contributed by atoms with van der Waals surface area (Å²) in [4.78, 5) is 2.24. The molecular formula is C14H21BrN2O. The van der Waals surface area contributed by atoms with Crippen molar-refractivity contribution in [1.82, 2.24) is 0 Å². The van der Waals surface area contributed by atoms with Crippen molar-refractivity contribution in [3.8, 4) is 0 Å². The number of aliphatic hydroxyl groups excluding tert-OH is 1. The lowest BCUT2D eigenvalue weighted by atomic mass is 9.95. The maximum atomic E-state index is 9.97. The lowest BCUT2D eigenvalue weighted by Gasteiger charge is -2.36. The first kappa shape index (κ1) is 13.8. The number of halogens is 1. The zero-order valence-corrected chi connectivity index (χ0v) is 12.5. The summed E-state index contributed by atoms with van der Waals surface area (Å²) in [6, 6.07) is 6.27. The van der Waals surface area contributed by atoms with Gasteiger partial charge in [-0.25, -0.2) is 0 Å². The van der Waals surface area contributed by atoms with Crippen molar-refractivity contribution in [1.29, 1.82) is 0 Å². The van der Waals surface area contributed by atoms with Gasteiger partial charge in [0.2, 0.25) is 0 Å². The molecule has 0 radical (unpaired) electrons. The fraction of sp³-hybridized carbons (Fsp3) is 0.571. The molecular weight excluding hydrogens is 292 g/mol. The number of piperidine rings is 1. The van der Waals surface area contributed by atoms with E-state index in [1.165, 1.54) is 0 Å². The van der Waals surface area contributed by atoms with Gasteiger partial charge < -0.3 is 15.7 Å². The Morgan fingerprint density at radius 1 is 1.50 bits per heavy atom. The molecule has 1 heterocycles. The van der Waals surface area contributed by atoms with Gasteiger partial charge in [0.05, 0.1) is 11.8 Å². The SMILES string of the molecule is CC1CCN(c2ccc([C@@H](C)N)cc2Br)CC1O. The number of nitrogens with zero attached hydrogens (tertiary/aromatic N) is 1. The van der Waals surface area contributed by atoms with E-state index in [-0.39, 0.29) is 12.1 Å². The maximum absolute atomic E-state index is 9.97. The van der Waals surface area contributed by atoms with Crippen LogP contribution in [0.15, 0.2) is 22.7 Å². The van der Waals surface area contributed by atoms with Crippen molar-refractivity contribution in [2.75, 3.05) is 18.0 Å². The van der Waals surface area contributed by atoms with Gasteiger partial charge >= 0.3 is 0 Å². The molecule has 0 aliphatic carbocycles. The Kier molecular flexibility index (Phi) is 4.30. The van der Waals surface area contributed by atoms with Crippen LogP contribution in [-0.2, 0) is 0 Å². The number of nitrogens with two attached hydrogens (primary N) is 1. The standard InChI is InChI=1S/C14H21BrN2O/c1-9-5-6-17(8-14(9)18)13-4-3-11(10(2)16)7-12(13)15/h3-4,7,9-10,14,18H,5-6,8,16H2,1-2H3/t9?,10-,14?/m1/s1. The van der Waals surface area contributed by atoms with Gasteiger partial charge in [-0.05, 0) is 52.9 Å². The first-order valence-corrected chi connectivity index (χ1v) is 7.26. The molecule has 3 atom stereocenters. The minimum Gasteiger partial charge on any atom is -0.391 e. The van der Waals surface area contributed by atoms with E-state index in [4.69, 9.17) is 5.73 Å². The molecule has 1 fully saturated rings. The van der Waals surface area contributed by atoms with Gasteiger partial charge in [0.15, 0.2) is 0 Å². The summed E-state index contributed by atoms with van der Waals surface area (Å²) in [5, 5.41) is 9.97.